The first-order chi connectivity index (χ1) is 8.69. The Kier molecular flexibility index (Phi) is 5.03. The molecule has 1 aliphatic rings. The molecule has 0 saturated carbocycles. The fraction of sp³-hybridized carbons (Fsp3) is 0.571. The molecular formula is C14H20BrNO2. The molecule has 1 fully saturated rings. The summed E-state index contributed by atoms with van der Waals surface area (Å²) in [6, 6.07) is 5.44. The van der Waals surface area contributed by atoms with Crippen LogP contribution in [0.25, 0.3) is 0 Å². The van der Waals surface area contributed by atoms with Gasteiger partial charge in [-0.25, -0.2) is 0 Å². The Morgan fingerprint density at radius 3 is 2.78 bits per heavy atom. The van der Waals surface area contributed by atoms with Gasteiger partial charge in [0.15, 0.2) is 0 Å². The number of hydrogen-bond donors (Lipinski definition) is 1. The van der Waals surface area contributed by atoms with E-state index in [-0.39, 0.29) is 0 Å². The van der Waals surface area contributed by atoms with Crippen LogP contribution < -0.4 is 0 Å². The molecule has 1 heterocycles. The molecule has 1 N–H and O–H groups in total. The second-order valence-electron chi connectivity index (χ2n) is 4.71. The van der Waals surface area contributed by atoms with E-state index in [2.05, 4.69) is 27.8 Å². The van der Waals surface area contributed by atoms with E-state index in [9.17, 15) is 5.11 Å². The number of nitrogens with zero attached hydrogens (tertiary/aromatic N) is 1. The van der Waals surface area contributed by atoms with Crippen LogP contribution in [0.1, 0.15) is 25.3 Å². The van der Waals surface area contributed by atoms with Crippen LogP contribution >= 0.6 is 15.9 Å². The van der Waals surface area contributed by atoms with E-state index in [1.165, 1.54) is 0 Å². The van der Waals surface area contributed by atoms with Crippen LogP contribution in [0, 0.1) is 0 Å². The normalized spacial score (nSPS) is 18.1. The maximum atomic E-state index is 9.52. The van der Waals surface area contributed by atoms with Crippen LogP contribution in [0.3, 0.4) is 0 Å². The third-order valence-electron chi connectivity index (χ3n) is 3.36. The molecule has 1 aromatic rings. The minimum Gasteiger partial charge on any atom is -0.508 e. The molecule has 1 aliphatic heterocycles. The van der Waals surface area contributed by atoms with Crippen molar-refractivity contribution in [1.82, 2.24) is 4.90 Å². The standard InChI is InChI=1S/C14H20BrNO2/c1-2-18-13-5-7-16(8-6-13)10-11-9-12(17)3-4-14(11)15/h3-4,9,13,17H,2,5-8,10H2,1H3. The van der Waals surface area contributed by atoms with Gasteiger partial charge in [-0.3, -0.25) is 4.90 Å². The molecule has 0 atom stereocenters. The van der Waals surface area contributed by atoms with Gasteiger partial charge in [0.2, 0.25) is 0 Å². The molecule has 0 amide bonds. The van der Waals surface area contributed by atoms with Crippen molar-refractivity contribution in [2.75, 3.05) is 19.7 Å². The number of phenols is 1. The van der Waals surface area contributed by atoms with E-state index in [1.807, 2.05) is 12.1 Å². The van der Waals surface area contributed by atoms with Gasteiger partial charge >= 0.3 is 0 Å². The summed E-state index contributed by atoms with van der Waals surface area (Å²) in [5.74, 6) is 0.331. The predicted octanol–water partition coefficient (Wildman–Crippen LogP) is 3.16. The third-order valence-corrected chi connectivity index (χ3v) is 4.13. The van der Waals surface area contributed by atoms with Gasteiger partial charge in [-0.15, -0.1) is 0 Å². The van der Waals surface area contributed by atoms with E-state index < -0.39 is 0 Å². The van der Waals surface area contributed by atoms with Gasteiger partial charge in [0.1, 0.15) is 5.75 Å². The Bertz CT molecular complexity index is 389. The highest BCUT2D eigenvalue weighted by molar-refractivity contribution is 9.10. The van der Waals surface area contributed by atoms with Crippen molar-refractivity contribution in [1.29, 1.82) is 0 Å². The van der Waals surface area contributed by atoms with Crippen LogP contribution in [-0.4, -0.2) is 35.8 Å². The van der Waals surface area contributed by atoms with E-state index in [4.69, 9.17) is 4.74 Å². The minimum absolute atomic E-state index is 0.331. The Balaban J connectivity index is 1.89. The van der Waals surface area contributed by atoms with Gasteiger partial charge in [0.25, 0.3) is 0 Å². The average molecular weight is 314 g/mol. The first kappa shape index (κ1) is 13.8. The lowest BCUT2D eigenvalue weighted by atomic mass is 10.1. The number of piperidine rings is 1. The molecule has 18 heavy (non-hydrogen) atoms. The van der Waals surface area contributed by atoms with Crippen molar-refractivity contribution < 1.29 is 9.84 Å². The largest absolute Gasteiger partial charge is 0.508 e. The van der Waals surface area contributed by atoms with Gasteiger partial charge in [0, 0.05) is 30.7 Å². The lowest BCUT2D eigenvalue weighted by molar-refractivity contribution is 0.0124. The van der Waals surface area contributed by atoms with Crippen LogP contribution in [0.5, 0.6) is 5.75 Å². The highest BCUT2D eigenvalue weighted by Crippen LogP contribution is 2.24. The van der Waals surface area contributed by atoms with Crippen molar-refractivity contribution in [3.8, 4) is 5.75 Å². The number of ether oxygens (including phenoxy) is 1. The molecule has 4 heteroatoms. The molecule has 0 aromatic heterocycles. The summed E-state index contributed by atoms with van der Waals surface area (Å²) in [5.41, 5.74) is 1.14. The Hall–Kier alpha value is -0.580. The topological polar surface area (TPSA) is 32.7 Å². The fourth-order valence-electron chi connectivity index (χ4n) is 2.39. The highest BCUT2D eigenvalue weighted by Gasteiger charge is 2.19. The van der Waals surface area contributed by atoms with Crippen LogP contribution in [0.2, 0.25) is 0 Å². The fourth-order valence-corrected chi connectivity index (χ4v) is 2.76. The van der Waals surface area contributed by atoms with Gasteiger partial charge < -0.3 is 9.84 Å². The summed E-state index contributed by atoms with van der Waals surface area (Å²) in [5, 5.41) is 9.52. The van der Waals surface area contributed by atoms with Gasteiger partial charge in [-0.2, -0.15) is 0 Å². The Morgan fingerprint density at radius 1 is 1.39 bits per heavy atom. The third kappa shape index (κ3) is 3.70. The van der Waals surface area contributed by atoms with Crippen molar-refractivity contribution in [3.63, 3.8) is 0 Å². The van der Waals surface area contributed by atoms with Gasteiger partial charge in [-0.1, -0.05) is 15.9 Å². The van der Waals surface area contributed by atoms with E-state index in [0.29, 0.717) is 11.9 Å². The van der Waals surface area contributed by atoms with Crippen molar-refractivity contribution in [2.24, 2.45) is 0 Å². The smallest absolute Gasteiger partial charge is 0.115 e. The van der Waals surface area contributed by atoms with Gasteiger partial charge in [0.05, 0.1) is 6.10 Å². The Labute approximate surface area is 117 Å². The second kappa shape index (κ2) is 6.55. The highest BCUT2D eigenvalue weighted by atomic mass is 79.9. The number of phenolic OH excluding ortho intramolecular Hbond substituents is 1. The molecule has 0 spiro atoms. The second-order valence-corrected chi connectivity index (χ2v) is 5.56. The summed E-state index contributed by atoms with van der Waals surface area (Å²) < 4.78 is 6.71. The van der Waals surface area contributed by atoms with Crippen molar-refractivity contribution >= 4 is 15.9 Å². The van der Waals surface area contributed by atoms with Crippen molar-refractivity contribution in [2.45, 2.75) is 32.4 Å². The molecule has 2 rings (SSSR count). The maximum absolute atomic E-state index is 9.52. The zero-order valence-electron chi connectivity index (χ0n) is 10.7. The quantitative estimate of drug-likeness (QED) is 0.927. The number of likely N-dealkylation sites (tertiary alicyclic amines) is 1. The number of halogens is 1. The first-order valence-electron chi connectivity index (χ1n) is 6.50. The molecule has 1 saturated heterocycles. The number of aromatic hydroxyl groups is 1. The molecule has 1 aromatic carbocycles. The molecule has 0 unspecified atom stereocenters. The Morgan fingerprint density at radius 2 is 2.11 bits per heavy atom. The monoisotopic (exact) mass is 313 g/mol. The van der Waals surface area contributed by atoms with Crippen molar-refractivity contribution in [3.05, 3.63) is 28.2 Å². The molecule has 100 valence electrons. The molecule has 0 aliphatic carbocycles. The summed E-state index contributed by atoms with van der Waals surface area (Å²) in [7, 11) is 0. The van der Waals surface area contributed by atoms with E-state index in [0.717, 1.165) is 49.1 Å². The molecule has 3 nitrogen and oxygen atoms in total. The minimum atomic E-state index is 0.331. The van der Waals surface area contributed by atoms with E-state index in [1.54, 1.807) is 6.07 Å². The number of hydrogen-bond acceptors (Lipinski definition) is 3. The van der Waals surface area contributed by atoms with Crippen LogP contribution in [0.15, 0.2) is 22.7 Å². The van der Waals surface area contributed by atoms with Crippen LogP contribution in [-0.2, 0) is 11.3 Å². The first-order valence-corrected chi connectivity index (χ1v) is 7.29. The SMILES string of the molecule is CCOC1CCN(Cc2cc(O)ccc2Br)CC1. The molecule has 0 bridgehead atoms. The van der Waals surface area contributed by atoms with Gasteiger partial charge in [-0.05, 0) is 43.5 Å². The summed E-state index contributed by atoms with van der Waals surface area (Å²) in [4.78, 5) is 2.41. The number of benzene rings is 1. The van der Waals surface area contributed by atoms with E-state index >= 15 is 0 Å². The summed E-state index contributed by atoms with van der Waals surface area (Å²) in [6.45, 7) is 5.87. The zero-order chi connectivity index (χ0) is 13.0. The summed E-state index contributed by atoms with van der Waals surface area (Å²) >= 11 is 3.53. The zero-order valence-corrected chi connectivity index (χ0v) is 12.3. The predicted molar refractivity (Wildman–Crippen MR) is 75.7 cm³/mol. The average Bonchev–Trinajstić information content (AvgIpc) is 2.37. The lowest BCUT2D eigenvalue weighted by Crippen LogP contribution is -2.36. The lowest BCUT2D eigenvalue weighted by Gasteiger charge is -2.31. The summed E-state index contributed by atoms with van der Waals surface area (Å²) in [6.07, 6.45) is 2.63. The maximum Gasteiger partial charge on any atom is 0.115 e. The van der Waals surface area contributed by atoms with Crippen LogP contribution in [0.4, 0.5) is 0 Å². The molecular weight excluding hydrogens is 294 g/mol. The molecule has 0 radical (unpaired) electrons. The number of rotatable bonds is 4.